The molecule has 0 spiro atoms. The number of halogens is 1. The van der Waals surface area contributed by atoms with E-state index in [1.165, 1.54) is 12.3 Å². The Bertz CT molecular complexity index is 768. The number of allylic oxidation sites excluding steroid dienone is 2. The van der Waals surface area contributed by atoms with E-state index in [1.54, 1.807) is 18.3 Å². The maximum absolute atomic E-state index is 10.4. The quantitative estimate of drug-likeness (QED) is 0.262. The van der Waals surface area contributed by atoms with Crippen LogP contribution in [-0.2, 0) is 6.54 Å². The molecule has 1 atom stereocenters. The van der Waals surface area contributed by atoms with Crippen LogP contribution in [0.5, 0.6) is 0 Å². The average molecular weight is 329 g/mol. The second-order valence-electron chi connectivity index (χ2n) is 4.65. The van der Waals surface area contributed by atoms with Gasteiger partial charge in [0.05, 0.1) is 17.3 Å². The first kappa shape index (κ1) is 16.7. The van der Waals surface area contributed by atoms with Gasteiger partial charge in [0.2, 0.25) is 0 Å². The van der Waals surface area contributed by atoms with Gasteiger partial charge in [-0.05, 0) is 29.8 Å². The first-order chi connectivity index (χ1) is 11.2. The third-order valence-corrected chi connectivity index (χ3v) is 3.61. The Hall–Kier alpha value is -2.69. The van der Waals surface area contributed by atoms with Gasteiger partial charge in [0.25, 0.3) is 0 Å². The minimum Gasteiger partial charge on any atom is -0.301 e. The Kier molecular flexibility index (Phi) is 5.86. The van der Waals surface area contributed by atoms with Crippen molar-refractivity contribution in [3.63, 3.8) is 0 Å². The van der Waals surface area contributed by atoms with Crippen molar-refractivity contribution in [2.24, 2.45) is 15.5 Å². The molecular formula is C15H13ClN6O. The van der Waals surface area contributed by atoms with E-state index in [0.29, 0.717) is 11.6 Å². The minimum atomic E-state index is -0.356. The van der Waals surface area contributed by atoms with Crippen LogP contribution >= 0.6 is 11.6 Å². The lowest BCUT2D eigenvalue weighted by Gasteiger charge is -2.17. The molecule has 116 valence electrons. The second-order valence-corrected chi connectivity index (χ2v) is 5.03. The molecule has 1 heterocycles. The number of pyridine rings is 1. The molecule has 1 aliphatic carbocycles. The van der Waals surface area contributed by atoms with Crippen molar-refractivity contribution in [3.05, 3.63) is 62.5 Å². The summed E-state index contributed by atoms with van der Waals surface area (Å²) in [6.07, 6.45) is 4.75. The fraction of sp³-hybridized carbons (Fsp3) is 0.200. The van der Waals surface area contributed by atoms with Gasteiger partial charge >= 0.3 is 0 Å². The van der Waals surface area contributed by atoms with Crippen LogP contribution < -0.4 is 5.32 Å². The highest BCUT2D eigenvalue weighted by atomic mass is 35.5. The molecule has 2 N–H and O–H groups in total. The summed E-state index contributed by atoms with van der Waals surface area (Å²) in [5, 5.41) is 13.1. The summed E-state index contributed by atoms with van der Waals surface area (Å²) in [6, 6.07) is 2.93. The van der Waals surface area contributed by atoms with E-state index in [0.717, 1.165) is 16.7 Å². The second kappa shape index (κ2) is 8.08. The molecule has 0 fully saturated rings. The van der Waals surface area contributed by atoms with E-state index in [4.69, 9.17) is 17.1 Å². The van der Waals surface area contributed by atoms with E-state index in [2.05, 4.69) is 37.3 Å². The highest BCUT2D eigenvalue weighted by Crippen LogP contribution is 2.23. The molecule has 0 saturated carbocycles. The molecule has 1 aromatic heterocycles. The van der Waals surface area contributed by atoms with Crippen LogP contribution in [0.1, 0.15) is 12.5 Å². The van der Waals surface area contributed by atoms with Gasteiger partial charge in [0.1, 0.15) is 0 Å². The van der Waals surface area contributed by atoms with E-state index >= 15 is 0 Å². The number of nitrogens with one attached hydrogen (secondary N) is 2. The number of nitroso groups, excluding NO2 is 1. The van der Waals surface area contributed by atoms with Gasteiger partial charge in [0.15, 0.2) is 5.82 Å². The molecule has 0 amide bonds. The van der Waals surface area contributed by atoms with Gasteiger partial charge in [-0.1, -0.05) is 34.4 Å². The largest absolute Gasteiger partial charge is 0.301 e. The predicted molar refractivity (Wildman–Crippen MR) is 87.6 cm³/mol. The minimum absolute atomic E-state index is 0.131. The molecule has 0 aromatic carbocycles. The highest BCUT2D eigenvalue weighted by Gasteiger charge is 2.16. The fourth-order valence-electron chi connectivity index (χ4n) is 1.93. The molecule has 0 aliphatic heterocycles. The Balaban J connectivity index is 2.16. The molecule has 0 saturated heterocycles. The molecule has 1 aromatic rings. The SMILES string of the molecule is CC1=C=C=CC(C(/C=N/N=N)NCc2ccc(N=O)nc2)=C1Cl. The summed E-state index contributed by atoms with van der Waals surface area (Å²) in [6.45, 7) is 2.29. The van der Waals surface area contributed by atoms with Crippen molar-refractivity contribution in [3.8, 4) is 0 Å². The molecule has 8 heteroatoms. The Morgan fingerprint density at radius 1 is 1.52 bits per heavy atom. The molecule has 1 unspecified atom stereocenters. The molecule has 7 nitrogen and oxygen atoms in total. The summed E-state index contributed by atoms with van der Waals surface area (Å²) in [4.78, 5) is 14.3. The van der Waals surface area contributed by atoms with Gasteiger partial charge < -0.3 is 5.32 Å². The predicted octanol–water partition coefficient (Wildman–Crippen LogP) is 3.72. The fourth-order valence-corrected chi connectivity index (χ4v) is 2.15. The smallest absolute Gasteiger partial charge is 0.196 e. The van der Waals surface area contributed by atoms with Crippen molar-refractivity contribution in [1.82, 2.24) is 10.3 Å². The van der Waals surface area contributed by atoms with Gasteiger partial charge in [-0.25, -0.2) is 4.98 Å². The van der Waals surface area contributed by atoms with Crippen LogP contribution in [0.25, 0.3) is 0 Å². The summed E-state index contributed by atoms with van der Waals surface area (Å²) in [7, 11) is 0. The molecule has 2 rings (SSSR count). The van der Waals surface area contributed by atoms with Crippen LogP contribution in [0.15, 0.2) is 67.5 Å². The summed E-state index contributed by atoms with van der Waals surface area (Å²) < 4.78 is 0. The van der Waals surface area contributed by atoms with Gasteiger partial charge in [0, 0.05) is 23.9 Å². The molecular weight excluding hydrogens is 316 g/mol. The van der Waals surface area contributed by atoms with Gasteiger partial charge in [-0.3, -0.25) is 0 Å². The summed E-state index contributed by atoms with van der Waals surface area (Å²) in [5.74, 6) is 0.131. The van der Waals surface area contributed by atoms with Crippen molar-refractivity contribution in [2.75, 3.05) is 0 Å². The van der Waals surface area contributed by atoms with Gasteiger partial charge in [-0.15, -0.1) is 10.0 Å². The van der Waals surface area contributed by atoms with Crippen molar-refractivity contribution < 1.29 is 0 Å². The normalized spacial score (nSPS) is 15.0. The molecule has 0 radical (unpaired) electrons. The standard InChI is InChI=1S/C15H13ClN6O/c1-10-3-2-4-12(15(10)16)13(9-20-22-17)18-7-11-5-6-14(21-23)19-8-11/h4-6,8-9,13,17-18H,7H2,1H3/b20-9+,22-17?. The number of rotatable bonds is 7. The molecule has 23 heavy (non-hydrogen) atoms. The summed E-state index contributed by atoms with van der Waals surface area (Å²) >= 11 is 6.30. The third kappa shape index (κ3) is 4.39. The van der Waals surface area contributed by atoms with Crippen LogP contribution in [0, 0.1) is 10.4 Å². The van der Waals surface area contributed by atoms with Crippen LogP contribution in [0.4, 0.5) is 5.82 Å². The Morgan fingerprint density at radius 2 is 2.35 bits per heavy atom. The van der Waals surface area contributed by atoms with Crippen molar-refractivity contribution >= 4 is 23.6 Å². The van der Waals surface area contributed by atoms with Crippen LogP contribution in [-0.4, -0.2) is 17.2 Å². The maximum Gasteiger partial charge on any atom is 0.196 e. The van der Waals surface area contributed by atoms with Crippen LogP contribution in [0.3, 0.4) is 0 Å². The Morgan fingerprint density at radius 3 is 3.00 bits per heavy atom. The first-order valence-electron chi connectivity index (χ1n) is 6.65. The first-order valence-corrected chi connectivity index (χ1v) is 7.03. The zero-order valence-corrected chi connectivity index (χ0v) is 13.0. The van der Waals surface area contributed by atoms with Crippen LogP contribution in [0.2, 0.25) is 0 Å². The zero-order valence-electron chi connectivity index (χ0n) is 12.2. The molecule has 1 aliphatic rings. The van der Waals surface area contributed by atoms with E-state index in [9.17, 15) is 4.91 Å². The third-order valence-electron chi connectivity index (χ3n) is 3.11. The highest BCUT2D eigenvalue weighted by molar-refractivity contribution is 6.32. The van der Waals surface area contributed by atoms with Gasteiger partial charge in [-0.2, -0.15) is 5.53 Å². The monoisotopic (exact) mass is 328 g/mol. The topological polar surface area (TPSA) is 103 Å². The number of nitrogens with zero attached hydrogens (tertiary/aromatic N) is 4. The van der Waals surface area contributed by atoms with E-state index < -0.39 is 0 Å². The van der Waals surface area contributed by atoms with E-state index in [1.807, 2.05) is 6.92 Å². The number of hydrogen-bond donors (Lipinski definition) is 2. The lowest BCUT2D eigenvalue weighted by atomic mass is 10.0. The van der Waals surface area contributed by atoms with Crippen molar-refractivity contribution in [2.45, 2.75) is 19.5 Å². The number of aromatic nitrogens is 1. The lowest BCUT2D eigenvalue weighted by Crippen LogP contribution is -2.32. The van der Waals surface area contributed by atoms with Crippen molar-refractivity contribution in [1.29, 1.82) is 5.53 Å². The average Bonchev–Trinajstić information content (AvgIpc) is 2.58. The summed E-state index contributed by atoms with van der Waals surface area (Å²) in [5.41, 5.74) is 15.0. The maximum atomic E-state index is 10.4. The zero-order chi connectivity index (χ0) is 16.7. The molecule has 0 bridgehead atoms. The Labute approximate surface area is 137 Å². The van der Waals surface area contributed by atoms with E-state index in [-0.39, 0.29) is 11.9 Å². The number of hydrogen-bond acceptors (Lipinski definition) is 6. The lowest BCUT2D eigenvalue weighted by molar-refractivity contribution is 0.685.